The van der Waals surface area contributed by atoms with E-state index in [9.17, 15) is 12.1 Å². The molecule has 0 amide bonds. The van der Waals surface area contributed by atoms with Gasteiger partial charge in [0.05, 0.1) is 94.9 Å². The topological polar surface area (TPSA) is 45.4 Å². The Bertz CT molecular complexity index is 8150. The molecule has 0 spiro atoms. The summed E-state index contributed by atoms with van der Waals surface area (Å²) in [5, 5.41) is 6.37. The van der Waals surface area contributed by atoms with Crippen molar-refractivity contribution in [2.24, 2.45) is 0 Å². The van der Waals surface area contributed by atoms with Crippen molar-refractivity contribution in [3.05, 3.63) is 363 Å². The van der Waals surface area contributed by atoms with E-state index in [1.165, 1.54) is 6.07 Å². The first kappa shape index (κ1) is 41.4. The molecule has 0 unspecified atom stereocenters. The van der Waals surface area contributed by atoms with E-state index < -0.39 is 109 Å². The van der Waals surface area contributed by atoms with Gasteiger partial charge in [0.25, 0.3) is 0 Å². The number of nitrogens with zero attached hydrogens (tertiary/aromatic N) is 4. The van der Waals surface area contributed by atoms with Gasteiger partial charge in [-0.3, -0.25) is 0 Å². The molecule has 0 aliphatic rings. The van der Waals surface area contributed by atoms with Crippen LogP contribution in [-0.2, 0) is 0 Å². The number of para-hydroxylation sites is 2. The van der Waals surface area contributed by atoms with E-state index in [-0.39, 0.29) is 62.3 Å². The number of aromatic nitrogens is 3. The van der Waals surface area contributed by atoms with E-state index in [4.69, 9.17) is 30.8 Å². The number of fused-ring (bicyclic) bond motifs is 17. The summed E-state index contributed by atoms with van der Waals surface area (Å²) in [6.45, 7) is 10.0. The van der Waals surface area contributed by atoms with E-state index >= 15 is 0 Å². The molecule has 5 heterocycles. The molecule has 0 fully saturated rings. The van der Waals surface area contributed by atoms with Crippen molar-refractivity contribution < 1.29 is 36.2 Å². The fourth-order valence-electron chi connectivity index (χ4n) is 15.5. The fourth-order valence-corrected chi connectivity index (χ4v) is 15.5. The molecule has 5 aromatic heterocycles. The molecule has 0 radical (unpaired) electrons. The van der Waals surface area contributed by atoms with Crippen LogP contribution in [0.25, 0.3) is 209 Å². The highest BCUT2D eigenvalue weighted by molar-refractivity contribution is 6.27. The summed E-state index contributed by atoms with van der Waals surface area (Å²) in [4.78, 5) is 4.67. The maximum absolute atomic E-state index is 10.0. The number of furan rings is 2. The Morgan fingerprint density at radius 2 is 0.612 bits per heavy atom. The van der Waals surface area contributed by atoms with E-state index in [0.717, 1.165) is 33.0 Å². The zero-order valence-corrected chi connectivity index (χ0v) is 54.0. The average Bonchev–Trinajstić information content (AvgIpc) is 1.54. The molecule has 0 aliphatic carbocycles. The Morgan fingerprint density at radius 1 is 0.252 bits per heavy atom. The van der Waals surface area contributed by atoms with Gasteiger partial charge in [-0.1, -0.05) is 242 Å². The van der Waals surface area contributed by atoms with Crippen LogP contribution in [0.2, 0.25) is 0 Å². The quantitative estimate of drug-likeness (QED) is 0.128. The van der Waals surface area contributed by atoms with Crippen LogP contribution in [0.5, 0.6) is 0 Å². The first-order valence-corrected chi connectivity index (χ1v) is 33.3. The van der Waals surface area contributed by atoms with Gasteiger partial charge in [0.1, 0.15) is 22.3 Å². The Balaban J connectivity index is 0.986. The second-order valence-electron chi connectivity index (χ2n) is 25.4. The number of benzene rings is 16. The zero-order chi connectivity index (χ0) is 85.2. The molecular formula is C97H58N4O2. The lowest BCUT2D eigenvalue weighted by atomic mass is 9.91. The van der Waals surface area contributed by atoms with Gasteiger partial charge in [-0.15, -0.1) is 0 Å². The van der Waals surface area contributed by atoms with Crippen LogP contribution >= 0.6 is 0 Å². The van der Waals surface area contributed by atoms with Crippen molar-refractivity contribution >= 4 is 115 Å². The molecule has 0 aliphatic heterocycles. The lowest BCUT2D eigenvalue weighted by Gasteiger charge is -2.26. The van der Waals surface area contributed by atoms with Gasteiger partial charge >= 0.3 is 0 Å². The normalized spacial score (nSPS) is 14.6. The third-order valence-electron chi connectivity index (χ3n) is 19.9. The van der Waals surface area contributed by atoms with E-state index in [1.807, 2.05) is 158 Å². The lowest BCUT2D eigenvalue weighted by molar-refractivity contribution is 0.672. The highest BCUT2D eigenvalue weighted by Crippen LogP contribution is 2.53. The molecule has 16 aromatic carbocycles. The second kappa shape index (κ2) is 23.1. The molecule has 478 valence electrons. The Hall–Kier alpha value is -14.0. The monoisotopic (exact) mass is 1330 g/mol. The summed E-state index contributed by atoms with van der Waals surface area (Å²) in [7, 11) is 0. The third kappa shape index (κ3) is 9.06. The number of rotatable bonds is 10. The smallest absolute Gasteiger partial charge is 0.213 e. The van der Waals surface area contributed by atoms with Gasteiger partial charge in [-0.05, 0) is 187 Å². The molecule has 103 heavy (non-hydrogen) atoms. The third-order valence-corrected chi connectivity index (χ3v) is 19.9. The molecule has 0 atom stereocenters. The largest absolute Gasteiger partial charge is 0.455 e. The summed E-state index contributed by atoms with van der Waals surface area (Å²) in [5.74, 6) is 0. The Morgan fingerprint density at radius 3 is 1.07 bits per heavy atom. The van der Waals surface area contributed by atoms with Crippen LogP contribution in [0.15, 0.2) is 360 Å². The predicted molar refractivity (Wildman–Crippen MR) is 428 cm³/mol. The van der Waals surface area contributed by atoms with Crippen molar-refractivity contribution in [3.8, 4) is 95.0 Å². The molecule has 21 aromatic rings. The van der Waals surface area contributed by atoms with Gasteiger partial charge in [-0.25, -0.2) is 4.85 Å². The fraction of sp³-hybridized carbons (Fsp3) is 0. The van der Waals surface area contributed by atoms with E-state index in [0.29, 0.717) is 127 Å². The van der Waals surface area contributed by atoms with Gasteiger partial charge in [0.15, 0.2) is 0 Å². The average molecular weight is 1330 g/mol. The van der Waals surface area contributed by atoms with Crippen LogP contribution in [0.3, 0.4) is 0 Å². The minimum Gasteiger partial charge on any atom is -0.455 e. The molecule has 0 saturated heterocycles. The second-order valence-corrected chi connectivity index (χ2v) is 25.4. The first-order chi connectivity index (χ1) is 59.3. The molecule has 0 N–H and O–H groups in total. The highest BCUT2D eigenvalue weighted by atomic mass is 16.3. The Kier molecular flexibility index (Phi) is 9.27. The minimum absolute atomic E-state index is 0.00275. The lowest BCUT2D eigenvalue weighted by Crippen LogP contribution is -2.11. The van der Waals surface area contributed by atoms with Crippen molar-refractivity contribution in [2.75, 3.05) is 0 Å². The Labute approximate surface area is 620 Å². The summed E-state index contributed by atoms with van der Waals surface area (Å²) in [6.07, 6.45) is 0. The maximum atomic E-state index is 10.0. The van der Waals surface area contributed by atoms with Crippen LogP contribution in [-0.4, -0.2) is 13.7 Å². The van der Waals surface area contributed by atoms with Gasteiger partial charge in [0.2, 0.25) is 5.69 Å². The number of hydrogen-bond donors (Lipinski definition) is 0. The first-order valence-electron chi connectivity index (χ1n) is 43.3. The summed E-state index contributed by atoms with van der Waals surface area (Å²) in [6, 6.07) is 61.0. The van der Waals surface area contributed by atoms with Crippen molar-refractivity contribution in [3.63, 3.8) is 0 Å². The SMILES string of the molecule is [2H]c1c([2H])c([2H])c(-c2cc(-c3cc([N+]#[C-])c(-n4c5ccc(-c6ccccc6)cc5c5c6oc7ccc(-c8c([2H])c([2H])c([2H])c([2H])c8[2H])cc7c6ccc54)c(-n4c5ccccc5c5ccccc54)c3-n3c4ccc(-c5ccccc5)cc4c4c5oc6ccc(-c7c([2H])c([2H])c([2H])c([2H])c7[2H])cc6c5ccc43)cc(-c3c([2H])c([2H])c([2H])c([2H])c3[2H])c2)c([2H])c1[2H]. The standard InChI is InChI=1S/C97H58N4O2/c1-98-82-59-77(72-53-70(64-32-16-6-17-33-64)52-71(54-72)65-34-18-7-19-35-65)93(100-85-46-40-66(60-24-8-2-9-25-60)57-80(85)91-87(100)48-44-75-78-55-68(62-28-12-4-13-29-62)42-50-89(78)102-96(75)91)95(99-83-38-22-20-36-73(83)74-37-21-23-39-84(74)99)94(82)101-86-47-41-67(61-26-10-3-11-27-61)58-81(86)92-88(101)49-45-76-79-56-69(63-30-14-5-15-31-63)43-51-90(79)103-97(76)92/h2-59H/i4D,5D,6D,7D,12D,13D,14D,15D,16D,17D,18D,19D,28D,29D,30D,31D,32D,33D,34D,35D. The van der Waals surface area contributed by atoms with Crippen LogP contribution in [0.4, 0.5) is 5.69 Å². The minimum atomic E-state index is -0.676. The molecule has 21 rings (SSSR count). The molecule has 0 bridgehead atoms. The summed E-state index contributed by atoms with van der Waals surface area (Å²) < 4.78 is 202. The maximum Gasteiger partial charge on any atom is 0.213 e. The molecule has 6 heteroatoms. The van der Waals surface area contributed by atoms with Crippen molar-refractivity contribution in [1.82, 2.24) is 13.7 Å². The summed E-state index contributed by atoms with van der Waals surface area (Å²) >= 11 is 0. The highest BCUT2D eigenvalue weighted by Gasteiger charge is 2.33. The van der Waals surface area contributed by atoms with E-state index in [2.05, 4.69) is 30.7 Å². The van der Waals surface area contributed by atoms with Gasteiger partial charge < -0.3 is 22.5 Å². The molecule has 6 nitrogen and oxygen atoms in total. The van der Waals surface area contributed by atoms with E-state index in [1.54, 1.807) is 54.6 Å². The summed E-state index contributed by atoms with van der Waals surface area (Å²) in [5.41, 5.74) is 9.94. The van der Waals surface area contributed by atoms with Crippen molar-refractivity contribution in [1.29, 1.82) is 0 Å². The van der Waals surface area contributed by atoms with Crippen molar-refractivity contribution in [2.45, 2.75) is 0 Å². The molecular weight excluding hydrogens is 1250 g/mol. The number of hydrogen-bond acceptors (Lipinski definition) is 2. The van der Waals surface area contributed by atoms with Gasteiger partial charge in [-0.2, -0.15) is 0 Å². The van der Waals surface area contributed by atoms with Crippen LogP contribution < -0.4 is 0 Å². The predicted octanol–water partition coefficient (Wildman–Crippen LogP) is 27.0. The van der Waals surface area contributed by atoms with Gasteiger partial charge in [0, 0.05) is 43.1 Å². The molecule has 0 saturated carbocycles. The zero-order valence-electron chi connectivity index (χ0n) is 74.0. The van der Waals surface area contributed by atoms with Crippen LogP contribution in [0, 0.1) is 6.57 Å². The van der Waals surface area contributed by atoms with Crippen LogP contribution in [0.1, 0.15) is 27.4 Å².